The predicted octanol–water partition coefficient (Wildman–Crippen LogP) is 9.55. The third-order valence-electron chi connectivity index (χ3n) is 9.22. The van der Waals surface area contributed by atoms with Crippen molar-refractivity contribution in [3.63, 3.8) is 0 Å². The fourth-order valence-electron chi connectivity index (χ4n) is 6.51. The zero-order valence-electron chi connectivity index (χ0n) is 28.8. The zero-order valence-corrected chi connectivity index (χ0v) is 28.8. The first-order valence-corrected chi connectivity index (χ1v) is 18.7. The second-order valence-corrected chi connectivity index (χ2v) is 13.3. The first kappa shape index (κ1) is 39.9. The van der Waals surface area contributed by atoms with Crippen molar-refractivity contribution in [2.45, 2.75) is 193 Å². The molecule has 1 aliphatic rings. The monoisotopic (exact) mass is 610 g/mol. The number of carbonyl (C=O) groups excluding carboxylic acids is 2. The van der Waals surface area contributed by atoms with Crippen LogP contribution in [-0.2, 0) is 19.1 Å². The minimum Gasteiger partial charge on any atom is -0.462 e. The fourth-order valence-corrected chi connectivity index (χ4v) is 6.51. The molecule has 1 saturated carbocycles. The van der Waals surface area contributed by atoms with E-state index in [2.05, 4.69) is 25.7 Å². The van der Waals surface area contributed by atoms with Crippen molar-refractivity contribution in [2.75, 3.05) is 26.2 Å². The minimum absolute atomic E-state index is 0.00564. The number of esters is 2. The van der Waals surface area contributed by atoms with Crippen LogP contribution in [0.25, 0.3) is 0 Å². The lowest BCUT2D eigenvalue weighted by Crippen LogP contribution is -2.29. The van der Waals surface area contributed by atoms with E-state index in [1.807, 2.05) is 0 Å². The van der Waals surface area contributed by atoms with Gasteiger partial charge in [0, 0.05) is 19.4 Å². The molecule has 0 bridgehead atoms. The largest absolute Gasteiger partial charge is 0.462 e. The first-order valence-electron chi connectivity index (χ1n) is 18.7. The summed E-state index contributed by atoms with van der Waals surface area (Å²) in [5, 5.41) is 9.49. The number of hydrogen-bond donors (Lipinski definition) is 1. The molecule has 0 amide bonds. The molecule has 0 aromatic heterocycles. The Morgan fingerprint density at radius 3 is 1.81 bits per heavy atom. The van der Waals surface area contributed by atoms with Crippen LogP contribution in [-0.4, -0.2) is 60.4 Å². The molecule has 1 fully saturated rings. The number of carbonyl (C=O) groups is 2. The Hall–Kier alpha value is -1.14. The molecule has 0 spiro atoms. The van der Waals surface area contributed by atoms with Crippen molar-refractivity contribution in [1.82, 2.24) is 4.90 Å². The maximum absolute atomic E-state index is 12.5. The average molecular weight is 610 g/mol. The molecule has 6 nitrogen and oxygen atoms in total. The molecule has 254 valence electrons. The van der Waals surface area contributed by atoms with Crippen LogP contribution in [0.15, 0.2) is 0 Å². The summed E-state index contributed by atoms with van der Waals surface area (Å²) in [7, 11) is 0. The number of hydrogen-bond acceptors (Lipinski definition) is 6. The van der Waals surface area contributed by atoms with Gasteiger partial charge in [-0.25, -0.2) is 0 Å². The van der Waals surface area contributed by atoms with Crippen LogP contribution < -0.4 is 0 Å². The molecule has 0 radical (unpaired) electrons. The molecule has 1 atom stereocenters. The van der Waals surface area contributed by atoms with E-state index < -0.39 is 0 Å². The van der Waals surface area contributed by atoms with Gasteiger partial charge in [-0.1, -0.05) is 91.4 Å². The Morgan fingerprint density at radius 2 is 1.19 bits per heavy atom. The quantitative estimate of drug-likeness (QED) is 0.0672. The highest BCUT2D eigenvalue weighted by Gasteiger charge is 2.23. The fraction of sp³-hybridized carbons (Fsp3) is 0.946. The summed E-state index contributed by atoms with van der Waals surface area (Å²) in [5.74, 6) is 0.808. The summed E-state index contributed by atoms with van der Waals surface area (Å²) in [6, 6.07) is 0. The summed E-state index contributed by atoms with van der Waals surface area (Å²) in [5.41, 5.74) is 0. The van der Waals surface area contributed by atoms with Gasteiger partial charge in [0.1, 0.15) is 12.2 Å². The summed E-state index contributed by atoms with van der Waals surface area (Å²) in [4.78, 5) is 27.1. The van der Waals surface area contributed by atoms with Gasteiger partial charge in [-0.05, 0) is 96.1 Å². The maximum atomic E-state index is 12.5. The standard InChI is InChI=1S/C37H71NO5/c1-4-7-9-15-22-34(21-14-8-5-2)42-36(40)23-16-11-10-12-18-29-38(31-32-39)30-19-13-17-24-37(41)43-35-27-25-33(20-6-3)26-28-35/h33-35,39H,4-32H2,1-3H3. The van der Waals surface area contributed by atoms with E-state index in [0.717, 1.165) is 102 Å². The number of ether oxygens (including phenoxy) is 2. The summed E-state index contributed by atoms with van der Waals surface area (Å²) in [6.07, 6.45) is 27.3. The van der Waals surface area contributed by atoms with Gasteiger partial charge < -0.3 is 19.5 Å². The van der Waals surface area contributed by atoms with Gasteiger partial charge >= 0.3 is 11.9 Å². The number of unbranched alkanes of at least 4 members (excludes halogenated alkanes) is 11. The molecule has 1 aliphatic carbocycles. The summed E-state index contributed by atoms with van der Waals surface area (Å²) >= 11 is 0. The lowest BCUT2D eigenvalue weighted by atomic mass is 9.85. The second-order valence-electron chi connectivity index (χ2n) is 13.3. The van der Waals surface area contributed by atoms with E-state index in [9.17, 15) is 14.7 Å². The van der Waals surface area contributed by atoms with Crippen LogP contribution in [0.3, 0.4) is 0 Å². The normalized spacial score (nSPS) is 17.7. The molecular weight excluding hydrogens is 538 g/mol. The third-order valence-corrected chi connectivity index (χ3v) is 9.22. The Balaban J connectivity index is 2.09. The van der Waals surface area contributed by atoms with Gasteiger partial charge in [0.05, 0.1) is 6.61 Å². The lowest BCUT2D eigenvalue weighted by molar-refractivity contribution is -0.151. The van der Waals surface area contributed by atoms with Gasteiger partial charge in [0.25, 0.3) is 0 Å². The Morgan fingerprint density at radius 1 is 0.651 bits per heavy atom. The predicted molar refractivity (Wildman–Crippen MR) is 179 cm³/mol. The number of aliphatic hydroxyl groups excluding tert-OH is 1. The van der Waals surface area contributed by atoms with E-state index >= 15 is 0 Å². The van der Waals surface area contributed by atoms with E-state index in [1.165, 1.54) is 64.2 Å². The lowest BCUT2D eigenvalue weighted by Gasteiger charge is -2.28. The molecule has 0 saturated heterocycles. The molecule has 0 aliphatic heterocycles. The molecule has 1 rings (SSSR count). The van der Waals surface area contributed by atoms with Gasteiger partial charge in [0.2, 0.25) is 0 Å². The zero-order chi connectivity index (χ0) is 31.4. The van der Waals surface area contributed by atoms with Crippen molar-refractivity contribution in [3.05, 3.63) is 0 Å². The SMILES string of the molecule is CCCCCCC(CCCCC)OC(=O)CCCCCCCN(CCO)CCCCCC(=O)OC1CCC(CCC)CC1. The Kier molecular flexibility index (Phi) is 26.3. The van der Waals surface area contributed by atoms with Crippen molar-refractivity contribution in [3.8, 4) is 0 Å². The van der Waals surface area contributed by atoms with E-state index in [4.69, 9.17) is 9.47 Å². The second kappa shape index (κ2) is 28.3. The van der Waals surface area contributed by atoms with E-state index in [1.54, 1.807) is 0 Å². The molecule has 6 heteroatoms. The van der Waals surface area contributed by atoms with Crippen LogP contribution in [0.5, 0.6) is 0 Å². The van der Waals surface area contributed by atoms with Crippen LogP contribution in [0.4, 0.5) is 0 Å². The highest BCUT2D eigenvalue weighted by Crippen LogP contribution is 2.29. The average Bonchev–Trinajstić information content (AvgIpc) is 2.99. The first-order chi connectivity index (χ1) is 21.0. The Labute approximate surface area is 266 Å². The summed E-state index contributed by atoms with van der Waals surface area (Å²) in [6.45, 7) is 9.58. The number of nitrogens with zero attached hydrogens (tertiary/aromatic N) is 1. The van der Waals surface area contributed by atoms with E-state index in [-0.39, 0.29) is 30.8 Å². The number of rotatable bonds is 29. The molecule has 1 unspecified atom stereocenters. The highest BCUT2D eigenvalue weighted by atomic mass is 16.5. The van der Waals surface area contributed by atoms with Gasteiger partial charge in [-0.3, -0.25) is 9.59 Å². The molecule has 1 N–H and O–H groups in total. The van der Waals surface area contributed by atoms with Crippen molar-refractivity contribution in [1.29, 1.82) is 0 Å². The minimum atomic E-state index is -0.0198. The third kappa shape index (κ3) is 22.9. The molecule has 0 aromatic carbocycles. The van der Waals surface area contributed by atoms with Crippen LogP contribution in [0, 0.1) is 5.92 Å². The van der Waals surface area contributed by atoms with Crippen molar-refractivity contribution in [2.24, 2.45) is 5.92 Å². The maximum Gasteiger partial charge on any atom is 0.306 e. The smallest absolute Gasteiger partial charge is 0.306 e. The summed E-state index contributed by atoms with van der Waals surface area (Å²) < 4.78 is 11.6. The molecule has 43 heavy (non-hydrogen) atoms. The highest BCUT2D eigenvalue weighted by molar-refractivity contribution is 5.69. The van der Waals surface area contributed by atoms with Crippen LogP contribution >= 0.6 is 0 Å². The molecule has 0 aromatic rings. The number of aliphatic hydroxyl groups is 1. The van der Waals surface area contributed by atoms with E-state index in [0.29, 0.717) is 19.4 Å². The van der Waals surface area contributed by atoms with Gasteiger partial charge in [-0.2, -0.15) is 0 Å². The topological polar surface area (TPSA) is 76.1 Å². The molecular formula is C37H71NO5. The Bertz CT molecular complexity index is 649. The van der Waals surface area contributed by atoms with Gasteiger partial charge in [0.15, 0.2) is 0 Å². The molecule has 0 heterocycles. The van der Waals surface area contributed by atoms with Gasteiger partial charge in [-0.15, -0.1) is 0 Å². The van der Waals surface area contributed by atoms with Crippen LogP contribution in [0.1, 0.15) is 181 Å². The van der Waals surface area contributed by atoms with Crippen LogP contribution in [0.2, 0.25) is 0 Å². The van der Waals surface area contributed by atoms with Crippen molar-refractivity contribution < 1.29 is 24.2 Å². The van der Waals surface area contributed by atoms with Crippen molar-refractivity contribution >= 4 is 11.9 Å².